The molecule has 9 nitrogen and oxygen atoms in total. The van der Waals surface area contributed by atoms with Crippen molar-refractivity contribution in [1.82, 2.24) is 25.4 Å². The maximum atomic E-state index is 12.5. The van der Waals surface area contributed by atoms with E-state index in [9.17, 15) is 4.79 Å². The number of rotatable bonds is 6. The van der Waals surface area contributed by atoms with Crippen LogP contribution in [0.15, 0.2) is 28.8 Å². The van der Waals surface area contributed by atoms with Crippen LogP contribution in [0.25, 0.3) is 11.7 Å². The van der Waals surface area contributed by atoms with Gasteiger partial charge in [0.15, 0.2) is 11.6 Å². The molecule has 0 saturated heterocycles. The summed E-state index contributed by atoms with van der Waals surface area (Å²) in [5.74, 6) is 1.83. The highest BCUT2D eigenvalue weighted by atomic mass is 16.5. The number of ether oxygens (including phenoxy) is 2. The summed E-state index contributed by atoms with van der Waals surface area (Å²) in [4.78, 5) is 24.4. The van der Waals surface area contributed by atoms with Crippen molar-refractivity contribution in [3.8, 4) is 17.5 Å². The van der Waals surface area contributed by atoms with Gasteiger partial charge in [-0.25, -0.2) is 4.98 Å². The smallest absolute Gasteiger partial charge is 0.293 e. The number of hydrogen-bond donors (Lipinski definition) is 2. The molecule has 9 heteroatoms. The average molecular weight is 383 g/mol. The highest BCUT2D eigenvalue weighted by molar-refractivity contribution is 5.94. The molecule has 4 rings (SSSR count). The van der Waals surface area contributed by atoms with E-state index in [-0.39, 0.29) is 17.7 Å². The second-order valence-corrected chi connectivity index (χ2v) is 6.56. The number of carbonyl (C=O) groups is 1. The van der Waals surface area contributed by atoms with E-state index in [4.69, 9.17) is 14.0 Å². The van der Waals surface area contributed by atoms with Crippen molar-refractivity contribution >= 4 is 5.91 Å². The molecule has 1 atom stereocenters. The van der Waals surface area contributed by atoms with Gasteiger partial charge in [-0.2, -0.15) is 4.98 Å². The second kappa shape index (κ2) is 7.81. The summed E-state index contributed by atoms with van der Waals surface area (Å²) in [6.07, 6.45) is 1.16. The summed E-state index contributed by atoms with van der Waals surface area (Å²) in [5, 5.41) is 6.85. The first kappa shape index (κ1) is 18.2. The number of aromatic nitrogens is 4. The van der Waals surface area contributed by atoms with Crippen LogP contribution in [0.2, 0.25) is 0 Å². The monoisotopic (exact) mass is 383 g/mol. The van der Waals surface area contributed by atoms with Gasteiger partial charge in [0.1, 0.15) is 11.4 Å². The van der Waals surface area contributed by atoms with Crippen LogP contribution in [-0.4, -0.2) is 53.4 Å². The Morgan fingerprint density at radius 2 is 2.18 bits per heavy atom. The van der Waals surface area contributed by atoms with Gasteiger partial charge < -0.3 is 24.3 Å². The van der Waals surface area contributed by atoms with Gasteiger partial charge in [0.2, 0.25) is 0 Å². The third kappa shape index (κ3) is 3.61. The number of imidazole rings is 1. The first-order valence-electron chi connectivity index (χ1n) is 9.01. The van der Waals surface area contributed by atoms with Crippen molar-refractivity contribution in [2.24, 2.45) is 0 Å². The standard InChI is InChI=1S/C19H21N5O4/c1-26-7-6-15-22-19(28-24-15)17-21-14-9-12(10-20-18(25)16(14)23-17)11-4-3-5-13(8-11)27-2/h3-5,8,12H,6-7,9-10H2,1-2H3,(H,20,25)(H,21,23)/t12-/m0/s1. The third-order valence-corrected chi connectivity index (χ3v) is 4.72. The fraction of sp³-hybridized carbons (Fsp3) is 0.368. The van der Waals surface area contributed by atoms with Crippen LogP contribution < -0.4 is 10.1 Å². The van der Waals surface area contributed by atoms with Crippen molar-refractivity contribution < 1.29 is 18.8 Å². The van der Waals surface area contributed by atoms with Crippen LogP contribution in [0.4, 0.5) is 0 Å². The quantitative estimate of drug-likeness (QED) is 0.666. The van der Waals surface area contributed by atoms with Crippen LogP contribution in [0.1, 0.15) is 33.5 Å². The largest absolute Gasteiger partial charge is 0.497 e. The number of nitrogens with zero attached hydrogens (tertiary/aromatic N) is 3. The fourth-order valence-electron chi connectivity index (χ4n) is 3.24. The number of amides is 1. The summed E-state index contributed by atoms with van der Waals surface area (Å²) in [7, 11) is 3.25. The van der Waals surface area contributed by atoms with E-state index < -0.39 is 0 Å². The Morgan fingerprint density at radius 3 is 3.00 bits per heavy atom. The number of nitrogens with one attached hydrogen (secondary N) is 2. The van der Waals surface area contributed by atoms with Gasteiger partial charge in [0.25, 0.3) is 11.8 Å². The highest BCUT2D eigenvalue weighted by Gasteiger charge is 2.28. The van der Waals surface area contributed by atoms with Crippen LogP contribution in [0.3, 0.4) is 0 Å². The molecular weight excluding hydrogens is 362 g/mol. The van der Waals surface area contributed by atoms with Gasteiger partial charge in [0.05, 0.1) is 13.7 Å². The maximum Gasteiger partial charge on any atom is 0.293 e. The molecule has 1 amide bonds. The molecule has 0 saturated carbocycles. The molecule has 146 valence electrons. The first-order chi connectivity index (χ1) is 13.7. The van der Waals surface area contributed by atoms with Gasteiger partial charge in [-0.05, 0) is 24.1 Å². The normalized spacial score (nSPS) is 16.4. The third-order valence-electron chi connectivity index (χ3n) is 4.72. The Kier molecular flexibility index (Phi) is 5.07. The zero-order valence-corrected chi connectivity index (χ0v) is 15.7. The average Bonchev–Trinajstić information content (AvgIpc) is 3.33. The molecular formula is C19H21N5O4. The maximum absolute atomic E-state index is 12.5. The van der Waals surface area contributed by atoms with Crippen molar-refractivity contribution in [3.05, 3.63) is 47.0 Å². The number of methoxy groups -OCH3 is 2. The molecule has 0 bridgehead atoms. The Labute approximate surface area is 161 Å². The van der Waals surface area contributed by atoms with E-state index in [1.54, 1.807) is 14.2 Å². The molecule has 1 aromatic carbocycles. The zero-order valence-electron chi connectivity index (χ0n) is 15.7. The number of H-pyrrole nitrogens is 1. The summed E-state index contributed by atoms with van der Waals surface area (Å²) >= 11 is 0. The second-order valence-electron chi connectivity index (χ2n) is 6.56. The van der Waals surface area contributed by atoms with Gasteiger partial charge in [0, 0.05) is 31.7 Å². The van der Waals surface area contributed by atoms with Crippen LogP contribution in [0, 0.1) is 0 Å². The molecule has 0 aliphatic carbocycles. The lowest BCUT2D eigenvalue weighted by molar-refractivity contribution is 0.0950. The summed E-state index contributed by atoms with van der Waals surface area (Å²) in [5.41, 5.74) is 2.19. The Hall–Kier alpha value is -3.20. The minimum atomic E-state index is -0.220. The van der Waals surface area contributed by atoms with Gasteiger partial charge in [-0.15, -0.1) is 0 Å². The molecule has 1 aliphatic rings. The van der Waals surface area contributed by atoms with Gasteiger partial charge >= 0.3 is 0 Å². The van der Waals surface area contributed by atoms with Crippen molar-refractivity contribution in [2.75, 3.05) is 27.4 Å². The Morgan fingerprint density at radius 1 is 1.29 bits per heavy atom. The number of benzene rings is 1. The molecule has 0 spiro atoms. The minimum absolute atomic E-state index is 0.0912. The van der Waals surface area contributed by atoms with E-state index in [1.165, 1.54) is 0 Å². The molecule has 3 aromatic rings. The molecule has 0 unspecified atom stereocenters. The fourth-order valence-corrected chi connectivity index (χ4v) is 3.24. The number of fused-ring (bicyclic) bond motifs is 1. The molecule has 0 radical (unpaired) electrons. The van der Waals surface area contributed by atoms with E-state index in [1.807, 2.05) is 24.3 Å². The summed E-state index contributed by atoms with van der Waals surface area (Å²) in [6, 6.07) is 7.86. The Bertz CT molecular complexity index is 980. The topological polar surface area (TPSA) is 115 Å². The molecule has 0 fully saturated rings. The Balaban J connectivity index is 1.61. The zero-order chi connectivity index (χ0) is 19.5. The van der Waals surface area contributed by atoms with Gasteiger partial charge in [-0.3, -0.25) is 4.79 Å². The predicted molar refractivity (Wildman–Crippen MR) is 99.2 cm³/mol. The van der Waals surface area contributed by atoms with Crippen LogP contribution in [0.5, 0.6) is 5.75 Å². The lowest BCUT2D eigenvalue weighted by Crippen LogP contribution is -2.26. The van der Waals surface area contributed by atoms with Gasteiger partial charge in [-0.1, -0.05) is 17.3 Å². The van der Waals surface area contributed by atoms with E-state index >= 15 is 0 Å². The lowest BCUT2D eigenvalue weighted by Gasteiger charge is -2.15. The van der Waals surface area contributed by atoms with Crippen molar-refractivity contribution in [1.29, 1.82) is 0 Å². The SMILES string of the molecule is COCCc1noc(-c2nc3c([nH]2)C[C@H](c2cccc(OC)c2)CNC3=O)n1. The molecule has 1 aliphatic heterocycles. The molecule has 2 N–H and O–H groups in total. The van der Waals surface area contributed by atoms with E-state index in [0.29, 0.717) is 43.3 Å². The van der Waals surface area contributed by atoms with E-state index in [0.717, 1.165) is 17.0 Å². The predicted octanol–water partition coefficient (Wildman–Crippen LogP) is 1.73. The number of hydrogen-bond acceptors (Lipinski definition) is 7. The van der Waals surface area contributed by atoms with Crippen molar-refractivity contribution in [2.45, 2.75) is 18.8 Å². The molecule has 3 heterocycles. The van der Waals surface area contributed by atoms with Crippen molar-refractivity contribution in [3.63, 3.8) is 0 Å². The van der Waals surface area contributed by atoms with E-state index in [2.05, 4.69) is 25.4 Å². The summed E-state index contributed by atoms with van der Waals surface area (Å²) < 4.78 is 15.6. The lowest BCUT2D eigenvalue weighted by atomic mass is 9.94. The number of carbonyl (C=O) groups excluding carboxylic acids is 1. The summed E-state index contributed by atoms with van der Waals surface area (Å²) in [6.45, 7) is 1.02. The van der Waals surface area contributed by atoms with Crippen LogP contribution >= 0.6 is 0 Å². The first-order valence-corrected chi connectivity index (χ1v) is 9.01. The molecule has 2 aromatic heterocycles. The minimum Gasteiger partial charge on any atom is -0.497 e. The van der Waals surface area contributed by atoms with Crippen LogP contribution in [-0.2, 0) is 17.6 Å². The highest BCUT2D eigenvalue weighted by Crippen LogP contribution is 2.28. The molecule has 28 heavy (non-hydrogen) atoms. The number of aromatic amines is 1.